The molecule has 1 heterocycles. The SMILES string of the molecule is CCC(C)(C)NS(=O)(=O)c1cc([N+](=O)[O-])c(NN)s1. The third-order valence-corrected chi connectivity index (χ3v) is 5.80. The van der Waals surface area contributed by atoms with E-state index in [0.29, 0.717) is 6.42 Å². The van der Waals surface area contributed by atoms with Gasteiger partial charge in [-0.25, -0.2) is 19.0 Å². The van der Waals surface area contributed by atoms with Crippen molar-refractivity contribution in [3.05, 3.63) is 16.2 Å². The number of sulfonamides is 1. The van der Waals surface area contributed by atoms with Gasteiger partial charge in [-0.05, 0) is 20.3 Å². The molecule has 1 aromatic rings. The zero-order valence-corrected chi connectivity index (χ0v) is 12.4. The number of nitrogens with one attached hydrogen (secondary N) is 2. The first-order valence-corrected chi connectivity index (χ1v) is 7.71. The first-order valence-electron chi connectivity index (χ1n) is 5.42. The van der Waals surface area contributed by atoms with Crippen molar-refractivity contribution >= 4 is 32.0 Å². The Bertz CT molecular complexity index is 579. The van der Waals surface area contributed by atoms with Gasteiger partial charge in [-0.15, -0.1) is 0 Å². The largest absolute Gasteiger partial charge is 0.310 e. The third kappa shape index (κ3) is 3.62. The fraction of sp³-hybridized carbons (Fsp3) is 0.556. The summed E-state index contributed by atoms with van der Waals surface area (Å²) >= 11 is 0.718. The maximum absolute atomic E-state index is 12.1. The molecule has 0 aliphatic carbocycles. The summed E-state index contributed by atoms with van der Waals surface area (Å²) in [5, 5.41) is 10.8. The van der Waals surface area contributed by atoms with Crippen molar-refractivity contribution in [3.63, 3.8) is 0 Å². The molecule has 0 aliphatic heterocycles. The van der Waals surface area contributed by atoms with Gasteiger partial charge in [-0.3, -0.25) is 10.1 Å². The van der Waals surface area contributed by atoms with Gasteiger partial charge in [0.15, 0.2) is 5.00 Å². The van der Waals surface area contributed by atoms with Crippen LogP contribution in [0, 0.1) is 10.1 Å². The van der Waals surface area contributed by atoms with E-state index in [4.69, 9.17) is 5.84 Å². The standard InChI is InChI=1S/C9H16N4O4S2/c1-4-9(2,3)12-19(16,17)7-5-6(13(14)15)8(11-10)18-7/h5,11-12H,4,10H2,1-3H3. The van der Waals surface area contributed by atoms with E-state index in [1.165, 1.54) is 0 Å². The predicted octanol–water partition coefficient (Wildman–Crippen LogP) is 1.41. The lowest BCUT2D eigenvalue weighted by Gasteiger charge is -2.23. The molecule has 108 valence electrons. The molecule has 0 fully saturated rings. The molecule has 0 bridgehead atoms. The average molecular weight is 308 g/mol. The van der Waals surface area contributed by atoms with Crippen molar-refractivity contribution in [2.45, 2.75) is 36.9 Å². The molecule has 0 spiro atoms. The zero-order chi connectivity index (χ0) is 14.8. The normalized spacial score (nSPS) is 12.4. The molecular formula is C9H16N4O4S2. The Balaban J connectivity index is 3.20. The lowest BCUT2D eigenvalue weighted by atomic mass is 10.0. The number of anilines is 1. The first-order chi connectivity index (χ1) is 8.63. The average Bonchev–Trinajstić information content (AvgIpc) is 2.72. The number of hydrazine groups is 1. The van der Waals surface area contributed by atoms with Gasteiger partial charge < -0.3 is 5.43 Å². The second-order valence-corrected chi connectivity index (χ2v) is 7.49. The van der Waals surface area contributed by atoms with E-state index in [0.717, 1.165) is 17.4 Å². The van der Waals surface area contributed by atoms with Crippen molar-refractivity contribution in [1.29, 1.82) is 0 Å². The second-order valence-electron chi connectivity index (χ2n) is 4.52. The van der Waals surface area contributed by atoms with Crippen molar-refractivity contribution in [2.75, 3.05) is 5.43 Å². The molecule has 8 nitrogen and oxygen atoms in total. The van der Waals surface area contributed by atoms with Gasteiger partial charge >= 0.3 is 5.69 Å². The molecule has 0 atom stereocenters. The van der Waals surface area contributed by atoms with Crippen LogP contribution in [0.4, 0.5) is 10.7 Å². The number of rotatable bonds is 6. The summed E-state index contributed by atoms with van der Waals surface area (Å²) in [7, 11) is -3.81. The molecule has 4 N–H and O–H groups in total. The highest BCUT2D eigenvalue weighted by atomic mass is 32.2. The molecule has 0 radical (unpaired) electrons. The lowest BCUT2D eigenvalue weighted by Crippen LogP contribution is -2.42. The van der Waals surface area contributed by atoms with Gasteiger partial charge in [0.05, 0.1) is 4.92 Å². The van der Waals surface area contributed by atoms with E-state index in [-0.39, 0.29) is 14.9 Å². The molecule has 10 heteroatoms. The molecule has 0 amide bonds. The summed E-state index contributed by atoms with van der Waals surface area (Å²) in [5.74, 6) is 5.14. The topological polar surface area (TPSA) is 127 Å². The second kappa shape index (κ2) is 5.41. The molecule has 1 aromatic heterocycles. The number of nitrogens with zero attached hydrogens (tertiary/aromatic N) is 1. The third-order valence-electron chi connectivity index (χ3n) is 2.58. The van der Waals surface area contributed by atoms with Gasteiger partial charge in [0.25, 0.3) is 10.0 Å². The van der Waals surface area contributed by atoms with E-state index in [1.54, 1.807) is 13.8 Å². The molecule has 0 aromatic carbocycles. The molecular weight excluding hydrogens is 292 g/mol. The van der Waals surface area contributed by atoms with Crippen molar-refractivity contribution in [2.24, 2.45) is 5.84 Å². The van der Waals surface area contributed by atoms with E-state index in [9.17, 15) is 18.5 Å². The molecule has 0 saturated heterocycles. The molecule has 0 aliphatic rings. The highest BCUT2D eigenvalue weighted by molar-refractivity contribution is 7.91. The number of hydrogen-bond donors (Lipinski definition) is 3. The van der Waals surface area contributed by atoms with E-state index in [1.807, 2.05) is 6.92 Å². The van der Waals surface area contributed by atoms with Crippen molar-refractivity contribution < 1.29 is 13.3 Å². The predicted molar refractivity (Wildman–Crippen MR) is 73.5 cm³/mol. The van der Waals surface area contributed by atoms with E-state index < -0.39 is 20.5 Å². The number of nitrogens with two attached hydrogens (primary N) is 1. The summed E-state index contributed by atoms with van der Waals surface area (Å²) in [6, 6.07) is 0.994. The summed E-state index contributed by atoms with van der Waals surface area (Å²) in [6.07, 6.45) is 0.585. The van der Waals surface area contributed by atoms with Crippen LogP contribution in [-0.4, -0.2) is 18.9 Å². The quantitative estimate of drug-likeness (QED) is 0.414. The van der Waals surface area contributed by atoms with Crippen molar-refractivity contribution in [1.82, 2.24) is 4.72 Å². The van der Waals surface area contributed by atoms with Crippen LogP contribution < -0.4 is 16.0 Å². The maximum Gasteiger partial charge on any atom is 0.306 e. The van der Waals surface area contributed by atoms with Crippen LogP contribution in [0.1, 0.15) is 27.2 Å². The molecule has 0 unspecified atom stereocenters. The smallest absolute Gasteiger partial charge is 0.306 e. The van der Waals surface area contributed by atoms with Crippen molar-refractivity contribution in [3.8, 4) is 0 Å². The Morgan fingerprint density at radius 1 is 1.53 bits per heavy atom. The first kappa shape index (κ1) is 15.8. The van der Waals surface area contributed by atoms with Crippen LogP contribution in [0.2, 0.25) is 0 Å². The van der Waals surface area contributed by atoms with Crippen LogP contribution in [-0.2, 0) is 10.0 Å². The Labute approximate surface area is 115 Å². The minimum Gasteiger partial charge on any atom is -0.310 e. The van der Waals surface area contributed by atoms with Crippen LogP contribution in [0.3, 0.4) is 0 Å². The Kier molecular flexibility index (Phi) is 4.50. The molecule has 0 saturated carbocycles. The fourth-order valence-corrected chi connectivity index (χ4v) is 3.94. The van der Waals surface area contributed by atoms with Gasteiger partial charge in [0.2, 0.25) is 0 Å². The Morgan fingerprint density at radius 2 is 2.11 bits per heavy atom. The monoisotopic (exact) mass is 308 g/mol. The lowest BCUT2D eigenvalue weighted by molar-refractivity contribution is -0.383. The van der Waals surface area contributed by atoms with E-state index >= 15 is 0 Å². The summed E-state index contributed by atoms with van der Waals surface area (Å²) in [4.78, 5) is 10.1. The molecule has 19 heavy (non-hydrogen) atoms. The number of hydrogen-bond acceptors (Lipinski definition) is 7. The summed E-state index contributed by atoms with van der Waals surface area (Å²) in [6.45, 7) is 5.30. The van der Waals surface area contributed by atoms with Crippen LogP contribution in [0.15, 0.2) is 10.3 Å². The van der Waals surface area contributed by atoms with Gasteiger partial charge in [-0.1, -0.05) is 18.3 Å². The maximum atomic E-state index is 12.1. The zero-order valence-electron chi connectivity index (χ0n) is 10.8. The van der Waals surface area contributed by atoms with Gasteiger partial charge in [0.1, 0.15) is 4.21 Å². The fourth-order valence-electron chi connectivity index (χ4n) is 1.22. The highest BCUT2D eigenvalue weighted by Gasteiger charge is 2.29. The highest BCUT2D eigenvalue weighted by Crippen LogP contribution is 2.36. The number of thiophene rings is 1. The Hall–Kier alpha value is -1.23. The minimum absolute atomic E-state index is 0.000297. The Morgan fingerprint density at radius 3 is 2.47 bits per heavy atom. The molecule has 1 rings (SSSR count). The number of nitrogen functional groups attached to an aromatic ring is 1. The summed E-state index contributed by atoms with van der Waals surface area (Å²) < 4.78 is 26.6. The van der Waals surface area contributed by atoms with Crippen LogP contribution in [0.5, 0.6) is 0 Å². The number of nitro groups is 1. The van der Waals surface area contributed by atoms with Gasteiger partial charge in [-0.2, -0.15) is 0 Å². The van der Waals surface area contributed by atoms with E-state index in [2.05, 4.69) is 10.1 Å². The minimum atomic E-state index is -3.81. The van der Waals surface area contributed by atoms with Crippen LogP contribution >= 0.6 is 11.3 Å². The summed E-state index contributed by atoms with van der Waals surface area (Å²) in [5.41, 5.74) is 1.14. The van der Waals surface area contributed by atoms with Crippen LogP contribution in [0.25, 0.3) is 0 Å². The van der Waals surface area contributed by atoms with Gasteiger partial charge in [0, 0.05) is 11.6 Å².